The van der Waals surface area contributed by atoms with Gasteiger partial charge in [-0.15, -0.1) is 0 Å². The minimum Gasteiger partial charge on any atom is -0.384 e. The molecule has 0 unspecified atom stereocenters. The lowest BCUT2D eigenvalue weighted by Gasteiger charge is -2.22. The highest BCUT2D eigenvalue weighted by molar-refractivity contribution is 6.36. The fraction of sp³-hybridized carbons (Fsp3) is 0.474. The molecule has 1 heterocycles. The van der Waals surface area contributed by atoms with Gasteiger partial charge >= 0.3 is 0 Å². The normalized spacial score (nSPS) is 13.8. The van der Waals surface area contributed by atoms with Crippen LogP contribution in [-0.2, 0) is 17.6 Å². The first-order valence-electron chi connectivity index (χ1n) is 8.58. The third kappa shape index (κ3) is 3.66. The van der Waals surface area contributed by atoms with Crippen molar-refractivity contribution in [3.8, 4) is 0 Å². The molecule has 3 rings (SSSR count). The zero-order valence-corrected chi connectivity index (χ0v) is 14.2. The number of aromatic nitrogens is 1. The molecule has 1 N–H and O–H groups in total. The van der Waals surface area contributed by atoms with Gasteiger partial charge in [-0.05, 0) is 56.2 Å². The molecule has 1 aromatic heterocycles. The van der Waals surface area contributed by atoms with Gasteiger partial charge in [0.05, 0.1) is 16.2 Å². The quantitative estimate of drug-likeness (QED) is 0.577. The zero-order valence-electron chi connectivity index (χ0n) is 13.4. The van der Waals surface area contributed by atoms with E-state index in [1.165, 1.54) is 29.8 Å². The number of carbonyl (C=O) groups is 1. The lowest BCUT2D eigenvalue weighted by Crippen LogP contribution is -2.12. The van der Waals surface area contributed by atoms with Crippen molar-refractivity contribution in [2.75, 3.05) is 11.9 Å². The molecule has 122 valence electrons. The number of nitrogens with one attached hydrogen (secondary N) is 1. The van der Waals surface area contributed by atoms with Crippen LogP contribution in [0.3, 0.4) is 0 Å². The fourth-order valence-corrected chi connectivity index (χ4v) is 3.63. The molecular weight excluding hydrogens is 308 g/mol. The first kappa shape index (κ1) is 16.3. The minimum atomic E-state index is 0.666. The maximum Gasteiger partial charge on any atom is 0.119 e. The molecule has 4 heteroatoms. The summed E-state index contributed by atoms with van der Waals surface area (Å²) in [6, 6.07) is 5.96. The van der Waals surface area contributed by atoms with Crippen molar-refractivity contribution in [1.82, 2.24) is 4.98 Å². The highest BCUT2D eigenvalue weighted by Gasteiger charge is 2.19. The van der Waals surface area contributed by atoms with Crippen LogP contribution in [0.4, 0.5) is 5.69 Å². The number of carbonyl (C=O) groups excluding carboxylic acids is 1. The van der Waals surface area contributed by atoms with Gasteiger partial charge in [0.1, 0.15) is 6.29 Å². The number of fused-ring (bicyclic) bond motifs is 2. The predicted octanol–water partition coefficient (Wildman–Crippen LogP) is 4.94. The first-order valence-corrected chi connectivity index (χ1v) is 8.96. The van der Waals surface area contributed by atoms with Crippen LogP contribution in [0.2, 0.25) is 5.02 Å². The molecule has 0 atom stereocenters. The number of benzene rings is 1. The summed E-state index contributed by atoms with van der Waals surface area (Å²) in [6.07, 6.45) is 9.36. The van der Waals surface area contributed by atoms with Gasteiger partial charge in [0.2, 0.25) is 0 Å². The number of aryl methyl sites for hydroxylation is 1. The van der Waals surface area contributed by atoms with Gasteiger partial charge in [-0.25, -0.2) is 0 Å². The zero-order chi connectivity index (χ0) is 16.1. The maximum absolute atomic E-state index is 10.4. The topological polar surface area (TPSA) is 42.0 Å². The molecule has 0 bridgehead atoms. The number of hydrogen-bond acceptors (Lipinski definition) is 3. The SMILES string of the molecule is O=CCCCCCNc1c2c(nc3cccc(Cl)c13)CCCC2. The molecular formula is C19H23ClN2O. The molecule has 0 spiro atoms. The standard InChI is InChI=1S/C19H23ClN2O/c20-15-9-7-11-17-18(15)19(21-12-5-1-2-6-13-23)14-8-3-4-10-16(14)22-17/h7,9,11,13H,1-6,8,10,12H2,(H,21,22). The molecule has 0 aliphatic heterocycles. The summed E-state index contributed by atoms with van der Waals surface area (Å²) < 4.78 is 0. The van der Waals surface area contributed by atoms with Crippen molar-refractivity contribution in [3.63, 3.8) is 0 Å². The van der Waals surface area contributed by atoms with Crippen molar-refractivity contribution >= 4 is 34.5 Å². The van der Waals surface area contributed by atoms with Crippen molar-refractivity contribution in [2.45, 2.75) is 51.4 Å². The minimum absolute atomic E-state index is 0.666. The molecule has 3 nitrogen and oxygen atoms in total. The third-order valence-electron chi connectivity index (χ3n) is 4.54. The summed E-state index contributed by atoms with van der Waals surface area (Å²) in [5.41, 5.74) is 4.76. The van der Waals surface area contributed by atoms with Gasteiger partial charge in [-0.1, -0.05) is 24.1 Å². The third-order valence-corrected chi connectivity index (χ3v) is 4.85. The number of unbranched alkanes of at least 4 members (excludes halogenated alkanes) is 3. The Labute approximate surface area is 142 Å². The summed E-state index contributed by atoms with van der Waals surface area (Å²) in [5, 5.41) is 5.45. The van der Waals surface area contributed by atoms with E-state index in [9.17, 15) is 4.79 Å². The summed E-state index contributed by atoms with van der Waals surface area (Å²) in [4.78, 5) is 15.2. The number of aldehydes is 1. The molecule has 0 fully saturated rings. The van der Waals surface area contributed by atoms with Crippen molar-refractivity contribution in [3.05, 3.63) is 34.5 Å². The van der Waals surface area contributed by atoms with Crippen LogP contribution in [0.5, 0.6) is 0 Å². The van der Waals surface area contributed by atoms with Gasteiger partial charge in [0.25, 0.3) is 0 Å². The second-order valence-electron chi connectivity index (χ2n) is 6.20. The van der Waals surface area contributed by atoms with Gasteiger partial charge in [-0.2, -0.15) is 0 Å². The molecule has 23 heavy (non-hydrogen) atoms. The molecule has 1 aliphatic rings. The van der Waals surface area contributed by atoms with E-state index in [1.54, 1.807) is 0 Å². The number of nitrogens with zero attached hydrogens (tertiary/aromatic N) is 1. The second kappa shape index (κ2) is 7.78. The number of halogens is 1. The number of pyridine rings is 1. The lowest BCUT2D eigenvalue weighted by molar-refractivity contribution is -0.107. The van der Waals surface area contributed by atoms with Gasteiger partial charge in [-0.3, -0.25) is 4.98 Å². The molecule has 0 radical (unpaired) electrons. The summed E-state index contributed by atoms with van der Waals surface area (Å²) in [7, 11) is 0. The Morgan fingerprint density at radius 3 is 2.91 bits per heavy atom. The monoisotopic (exact) mass is 330 g/mol. The lowest BCUT2D eigenvalue weighted by atomic mass is 9.92. The van der Waals surface area contributed by atoms with E-state index in [4.69, 9.17) is 16.6 Å². The van der Waals surface area contributed by atoms with Crippen molar-refractivity contribution < 1.29 is 4.79 Å². The Balaban J connectivity index is 1.85. The number of hydrogen-bond donors (Lipinski definition) is 1. The summed E-state index contributed by atoms with van der Waals surface area (Å²) >= 11 is 6.47. The van der Waals surface area contributed by atoms with E-state index >= 15 is 0 Å². The summed E-state index contributed by atoms with van der Waals surface area (Å²) in [5.74, 6) is 0. The van der Waals surface area contributed by atoms with Gasteiger partial charge in [0, 0.05) is 24.0 Å². The number of rotatable bonds is 7. The Bertz CT molecular complexity index is 699. The average molecular weight is 331 g/mol. The van der Waals surface area contributed by atoms with Crippen LogP contribution in [0, 0.1) is 0 Å². The Morgan fingerprint density at radius 2 is 2.04 bits per heavy atom. The van der Waals surface area contributed by atoms with Crippen LogP contribution < -0.4 is 5.32 Å². The van der Waals surface area contributed by atoms with Crippen molar-refractivity contribution in [2.24, 2.45) is 0 Å². The molecule has 1 aromatic carbocycles. The van der Waals surface area contributed by atoms with Crippen molar-refractivity contribution in [1.29, 1.82) is 0 Å². The van der Waals surface area contributed by atoms with Gasteiger partial charge in [0.15, 0.2) is 0 Å². The fourth-order valence-electron chi connectivity index (χ4n) is 3.37. The van der Waals surface area contributed by atoms with E-state index in [0.29, 0.717) is 6.42 Å². The summed E-state index contributed by atoms with van der Waals surface area (Å²) in [6.45, 7) is 0.912. The highest BCUT2D eigenvalue weighted by atomic mass is 35.5. The highest BCUT2D eigenvalue weighted by Crippen LogP contribution is 2.36. The van der Waals surface area contributed by atoms with Crippen LogP contribution in [-0.4, -0.2) is 17.8 Å². The average Bonchev–Trinajstić information content (AvgIpc) is 2.57. The molecule has 1 aliphatic carbocycles. The van der Waals surface area contributed by atoms with E-state index in [0.717, 1.165) is 60.9 Å². The molecule has 2 aromatic rings. The smallest absolute Gasteiger partial charge is 0.119 e. The number of anilines is 1. The van der Waals surface area contributed by atoms with E-state index in [2.05, 4.69) is 5.32 Å². The van der Waals surface area contributed by atoms with Crippen LogP contribution in [0.15, 0.2) is 18.2 Å². The second-order valence-corrected chi connectivity index (χ2v) is 6.60. The first-order chi connectivity index (χ1) is 11.3. The van der Waals surface area contributed by atoms with Crippen LogP contribution in [0.25, 0.3) is 10.9 Å². The largest absolute Gasteiger partial charge is 0.384 e. The van der Waals surface area contributed by atoms with Gasteiger partial charge < -0.3 is 10.1 Å². The Kier molecular flexibility index (Phi) is 5.50. The van der Waals surface area contributed by atoms with E-state index in [1.807, 2.05) is 18.2 Å². The Hall–Kier alpha value is -1.61. The van der Waals surface area contributed by atoms with E-state index < -0.39 is 0 Å². The molecule has 0 saturated heterocycles. The Morgan fingerprint density at radius 1 is 1.17 bits per heavy atom. The molecule has 0 saturated carbocycles. The van der Waals surface area contributed by atoms with Crippen LogP contribution in [0.1, 0.15) is 49.8 Å². The molecule has 0 amide bonds. The predicted molar refractivity (Wildman–Crippen MR) is 96.4 cm³/mol. The van der Waals surface area contributed by atoms with E-state index in [-0.39, 0.29) is 0 Å². The van der Waals surface area contributed by atoms with Crippen LogP contribution >= 0.6 is 11.6 Å². The maximum atomic E-state index is 10.4.